The molecule has 0 heterocycles. The van der Waals surface area contributed by atoms with Gasteiger partial charge in [-0.25, -0.2) is 17.5 Å². The van der Waals surface area contributed by atoms with Crippen molar-refractivity contribution in [2.24, 2.45) is 0 Å². The first-order valence-corrected chi connectivity index (χ1v) is 8.33. The third-order valence-corrected chi connectivity index (χ3v) is 4.78. The summed E-state index contributed by atoms with van der Waals surface area (Å²) in [7, 11) is -3.95. The lowest BCUT2D eigenvalue weighted by atomic mass is 10.3. The van der Waals surface area contributed by atoms with Crippen LogP contribution in [0.4, 0.5) is 10.1 Å². The van der Waals surface area contributed by atoms with Crippen molar-refractivity contribution in [2.45, 2.75) is 4.90 Å². The Kier molecular flexibility index (Phi) is 6.12. The van der Waals surface area contributed by atoms with Crippen molar-refractivity contribution in [3.63, 3.8) is 0 Å². The average molecular weight is 325 g/mol. The lowest BCUT2D eigenvalue weighted by molar-refractivity contribution is 0.559. The van der Waals surface area contributed by atoms with Gasteiger partial charge >= 0.3 is 0 Å². The van der Waals surface area contributed by atoms with Gasteiger partial charge in [0.15, 0.2) is 5.82 Å². The van der Waals surface area contributed by atoms with Crippen LogP contribution in [0.25, 0.3) is 0 Å². The van der Waals surface area contributed by atoms with E-state index in [0.29, 0.717) is 5.75 Å². The Morgan fingerprint density at radius 2 is 2.21 bits per heavy atom. The first-order valence-electron chi connectivity index (χ1n) is 5.31. The van der Waals surface area contributed by atoms with Crippen LogP contribution in [0, 0.1) is 5.82 Å². The van der Waals surface area contributed by atoms with Crippen molar-refractivity contribution in [3.8, 4) is 0 Å². The number of halogens is 2. The first kappa shape index (κ1) is 16.3. The predicted octanol–water partition coefficient (Wildman–Crippen LogP) is 2.26. The van der Waals surface area contributed by atoms with Crippen molar-refractivity contribution >= 4 is 39.1 Å². The molecule has 0 fully saturated rings. The molecule has 1 rings (SSSR count). The zero-order valence-electron chi connectivity index (χ0n) is 10.0. The van der Waals surface area contributed by atoms with E-state index >= 15 is 0 Å². The summed E-state index contributed by atoms with van der Waals surface area (Å²) in [4.78, 5) is -0.536. The van der Waals surface area contributed by atoms with Gasteiger partial charge in [0.25, 0.3) is 0 Å². The van der Waals surface area contributed by atoms with Crippen LogP contribution < -0.4 is 10.5 Å². The minimum atomic E-state index is -3.95. The molecule has 3 N–H and O–H groups in total. The van der Waals surface area contributed by atoms with Crippen LogP contribution in [0.5, 0.6) is 0 Å². The molecule has 0 bridgehead atoms. The standard InChI is InChI=1S/C11H14ClFN2O2S2/c1-2-4-18-5-3-15-19(16,17)10-7-8(14)6-9(12)11(10)13/h2,6-7,15H,1,3-5,14H2. The topological polar surface area (TPSA) is 72.2 Å². The van der Waals surface area contributed by atoms with Crippen LogP contribution in [0.2, 0.25) is 5.02 Å². The number of benzene rings is 1. The van der Waals surface area contributed by atoms with Crippen LogP contribution >= 0.6 is 23.4 Å². The van der Waals surface area contributed by atoms with E-state index in [1.807, 2.05) is 0 Å². The summed E-state index contributed by atoms with van der Waals surface area (Å²) in [6.07, 6.45) is 1.72. The molecule has 4 nitrogen and oxygen atoms in total. The molecule has 0 unspecified atom stereocenters. The number of nitrogen functional groups attached to an aromatic ring is 1. The van der Waals surface area contributed by atoms with Gasteiger partial charge in [0, 0.05) is 23.7 Å². The number of anilines is 1. The summed E-state index contributed by atoms with van der Waals surface area (Å²) < 4.78 is 39.8. The van der Waals surface area contributed by atoms with E-state index in [1.165, 1.54) is 11.8 Å². The average Bonchev–Trinajstić information content (AvgIpc) is 2.33. The van der Waals surface area contributed by atoms with Gasteiger partial charge in [0.2, 0.25) is 10.0 Å². The molecule has 0 aliphatic heterocycles. The molecule has 0 saturated heterocycles. The minimum Gasteiger partial charge on any atom is -0.399 e. The molecule has 0 aliphatic carbocycles. The lowest BCUT2D eigenvalue weighted by Crippen LogP contribution is -2.27. The molecule has 0 atom stereocenters. The molecule has 106 valence electrons. The number of thioether (sulfide) groups is 1. The Bertz CT molecular complexity index is 564. The number of nitrogens with two attached hydrogens (primary N) is 1. The van der Waals surface area contributed by atoms with Crippen LogP contribution in [0.15, 0.2) is 29.7 Å². The maximum Gasteiger partial charge on any atom is 0.243 e. The van der Waals surface area contributed by atoms with Gasteiger partial charge in [0.1, 0.15) is 4.90 Å². The summed E-state index contributed by atoms with van der Waals surface area (Å²) in [6.45, 7) is 3.74. The maximum atomic E-state index is 13.7. The van der Waals surface area contributed by atoms with Crippen LogP contribution in [-0.4, -0.2) is 26.5 Å². The van der Waals surface area contributed by atoms with Crippen molar-refractivity contribution in [3.05, 3.63) is 35.6 Å². The SMILES string of the molecule is C=CCSCCNS(=O)(=O)c1cc(N)cc(Cl)c1F. The van der Waals surface area contributed by atoms with E-state index in [0.717, 1.165) is 17.9 Å². The highest BCUT2D eigenvalue weighted by Gasteiger charge is 2.21. The summed E-state index contributed by atoms with van der Waals surface area (Å²) in [6, 6.07) is 2.20. The Balaban J connectivity index is 2.80. The Morgan fingerprint density at radius 3 is 2.84 bits per heavy atom. The molecule has 8 heteroatoms. The van der Waals surface area contributed by atoms with Crippen LogP contribution in [0.3, 0.4) is 0 Å². The maximum absolute atomic E-state index is 13.7. The second kappa shape index (κ2) is 7.14. The summed E-state index contributed by atoms with van der Waals surface area (Å²) in [5, 5.41) is -0.318. The van der Waals surface area contributed by atoms with E-state index in [9.17, 15) is 12.8 Å². The lowest BCUT2D eigenvalue weighted by Gasteiger charge is -2.09. The largest absolute Gasteiger partial charge is 0.399 e. The number of nitrogens with one attached hydrogen (secondary N) is 1. The van der Waals surface area contributed by atoms with Crippen molar-refractivity contribution in [2.75, 3.05) is 23.8 Å². The van der Waals surface area contributed by atoms with Gasteiger partial charge in [-0.05, 0) is 12.1 Å². The Labute approximate surface area is 121 Å². The normalized spacial score (nSPS) is 11.5. The third kappa shape index (κ3) is 4.68. The van der Waals surface area contributed by atoms with Crippen molar-refractivity contribution in [1.29, 1.82) is 0 Å². The van der Waals surface area contributed by atoms with E-state index in [-0.39, 0.29) is 17.3 Å². The number of hydrogen-bond donors (Lipinski definition) is 2. The molecular formula is C11H14ClFN2O2S2. The van der Waals surface area contributed by atoms with Crippen LogP contribution in [0.1, 0.15) is 0 Å². The van der Waals surface area contributed by atoms with E-state index in [4.69, 9.17) is 17.3 Å². The number of sulfonamides is 1. The van der Waals surface area contributed by atoms with Crippen molar-refractivity contribution in [1.82, 2.24) is 4.72 Å². The minimum absolute atomic E-state index is 0.0906. The van der Waals surface area contributed by atoms with Gasteiger partial charge < -0.3 is 5.73 Å². The zero-order chi connectivity index (χ0) is 14.5. The molecule has 0 aromatic heterocycles. The summed E-state index contributed by atoms with van der Waals surface area (Å²) in [5.74, 6) is 0.283. The Hall–Kier alpha value is -0.760. The molecular weight excluding hydrogens is 311 g/mol. The van der Waals surface area contributed by atoms with Crippen molar-refractivity contribution < 1.29 is 12.8 Å². The molecule has 0 spiro atoms. The molecule has 19 heavy (non-hydrogen) atoms. The van der Waals surface area contributed by atoms with Gasteiger partial charge in [-0.2, -0.15) is 11.8 Å². The smallest absolute Gasteiger partial charge is 0.243 e. The van der Waals surface area contributed by atoms with Gasteiger partial charge in [-0.1, -0.05) is 17.7 Å². The monoisotopic (exact) mass is 324 g/mol. The van der Waals surface area contributed by atoms with Gasteiger partial charge in [-0.15, -0.1) is 6.58 Å². The fourth-order valence-corrected chi connectivity index (χ4v) is 3.43. The highest BCUT2D eigenvalue weighted by Crippen LogP contribution is 2.25. The summed E-state index contributed by atoms with van der Waals surface area (Å²) in [5.41, 5.74) is 5.55. The van der Waals surface area contributed by atoms with Gasteiger partial charge in [0.05, 0.1) is 5.02 Å². The van der Waals surface area contributed by atoms with E-state index in [1.54, 1.807) is 6.08 Å². The Morgan fingerprint density at radius 1 is 1.53 bits per heavy atom. The number of rotatable bonds is 7. The van der Waals surface area contributed by atoms with Gasteiger partial charge in [-0.3, -0.25) is 0 Å². The number of hydrogen-bond acceptors (Lipinski definition) is 4. The molecule has 0 saturated carbocycles. The fraction of sp³-hybridized carbons (Fsp3) is 0.273. The highest BCUT2D eigenvalue weighted by atomic mass is 35.5. The molecule has 0 amide bonds. The van der Waals surface area contributed by atoms with Crippen LogP contribution in [-0.2, 0) is 10.0 Å². The third-order valence-electron chi connectivity index (χ3n) is 2.08. The molecule has 1 aromatic carbocycles. The fourth-order valence-electron chi connectivity index (χ4n) is 1.27. The quantitative estimate of drug-likeness (QED) is 0.458. The molecule has 1 aromatic rings. The molecule has 0 radical (unpaired) electrons. The highest BCUT2D eigenvalue weighted by molar-refractivity contribution is 7.99. The van der Waals surface area contributed by atoms with E-state index in [2.05, 4.69) is 11.3 Å². The zero-order valence-corrected chi connectivity index (χ0v) is 12.4. The second-order valence-electron chi connectivity index (χ2n) is 3.58. The summed E-state index contributed by atoms with van der Waals surface area (Å²) >= 11 is 7.08. The predicted molar refractivity (Wildman–Crippen MR) is 78.5 cm³/mol. The van der Waals surface area contributed by atoms with E-state index < -0.39 is 20.7 Å². The molecule has 0 aliphatic rings. The first-order chi connectivity index (χ1) is 8.88. The second-order valence-corrected chi connectivity index (χ2v) is 6.87.